The molecule has 4 aromatic rings. The number of hydrogen-bond donors (Lipinski definition) is 1. The minimum absolute atomic E-state index is 0.0679. The van der Waals surface area contributed by atoms with Crippen molar-refractivity contribution >= 4 is 22.5 Å². The Morgan fingerprint density at radius 3 is 2.48 bits per heavy atom. The lowest BCUT2D eigenvalue weighted by Gasteiger charge is -2.36. The highest BCUT2D eigenvalue weighted by molar-refractivity contribution is 6.07. The molecule has 33 heavy (non-hydrogen) atoms. The summed E-state index contributed by atoms with van der Waals surface area (Å²) < 4.78 is 0. The van der Waals surface area contributed by atoms with Crippen molar-refractivity contribution in [3.8, 4) is 11.3 Å². The first-order valence-electron chi connectivity index (χ1n) is 11.4. The minimum atomic E-state index is -0.0679. The molecule has 2 aromatic heterocycles. The van der Waals surface area contributed by atoms with Gasteiger partial charge in [-0.15, -0.1) is 0 Å². The van der Waals surface area contributed by atoms with Crippen LogP contribution in [0.25, 0.3) is 22.2 Å². The highest BCUT2D eigenvalue weighted by Crippen LogP contribution is 2.24. The number of amides is 1. The Labute approximate surface area is 193 Å². The lowest BCUT2D eigenvalue weighted by Crippen LogP contribution is -2.48. The molecule has 0 bridgehead atoms. The number of pyridine rings is 2. The molecule has 6 nitrogen and oxygen atoms in total. The number of rotatable bonds is 6. The number of fused-ring (bicyclic) bond motifs is 1. The molecule has 1 aliphatic heterocycles. The summed E-state index contributed by atoms with van der Waals surface area (Å²) >= 11 is 0. The van der Waals surface area contributed by atoms with E-state index in [1.165, 1.54) is 5.69 Å². The van der Waals surface area contributed by atoms with Gasteiger partial charge in [0.15, 0.2) is 0 Å². The van der Waals surface area contributed by atoms with Gasteiger partial charge in [0.05, 0.1) is 16.8 Å². The highest BCUT2D eigenvalue weighted by atomic mass is 16.1. The van der Waals surface area contributed by atoms with Crippen molar-refractivity contribution in [1.82, 2.24) is 20.2 Å². The topological polar surface area (TPSA) is 61.4 Å². The first-order valence-corrected chi connectivity index (χ1v) is 11.4. The van der Waals surface area contributed by atoms with Crippen LogP contribution in [0, 0.1) is 0 Å². The normalized spacial score (nSPS) is 14.4. The Bertz CT molecular complexity index is 1220. The molecule has 1 fully saturated rings. The van der Waals surface area contributed by atoms with E-state index in [0.717, 1.165) is 54.9 Å². The van der Waals surface area contributed by atoms with Crippen LogP contribution >= 0.6 is 0 Å². The van der Waals surface area contributed by atoms with Gasteiger partial charge < -0.3 is 10.2 Å². The zero-order valence-electron chi connectivity index (χ0n) is 18.5. The van der Waals surface area contributed by atoms with Crippen LogP contribution in [0.5, 0.6) is 0 Å². The van der Waals surface area contributed by atoms with Crippen LogP contribution in [-0.4, -0.2) is 60.0 Å². The standard InChI is InChI=1S/C27H27N5O/c33-27(29-13-14-31-15-17-32(18-16-31)22-8-2-1-3-9-22)24-19-26(21-7-6-12-28-20-21)30-25-11-5-4-10-23(24)25/h1-12,19-20H,13-18H2,(H,29,33). The molecule has 0 radical (unpaired) electrons. The summed E-state index contributed by atoms with van der Waals surface area (Å²) in [4.78, 5) is 26.9. The number of nitrogens with one attached hydrogen (secondary N) is 1. The van der Waals surface area contributed by atoms with Gasteiger partial charge in [-0.1, -0.05) is 36.4 Å². The molecule has 0 saturated carbocycles. The third kappa shape index (κ3) is 4.86. The number of anilines is 1. The molecule has 1 saturated heterocycles. The molecular weight excluding hydrogens is 410 g/mol. The number of benzene rings is 2. The summed E-state index contributed by atoms with van der Waals surface area (Å²) in [6.45, 7) is 5.45. The summed E-state index contributed by atoms with van der Waals surface area (Å²) in [6, 6.07) is 24.0. The van der Waals surface area contributed by atoms with E-state index in [-0.39, 0.29) is 5.91 Å². The lowest BCUT2D eigenvalue weighted by molar-refractivity contribution is 0.0949. The van der Waals surface area contributed by atoms with Crippen molar-refractivity contribution in [2.75, 3.05) is 44.2 Å². The summed E-state index contributed by atoms with van der Waals surface area (Å²) in [5.41, 5.74) is 4.38. The molecule has 2 aromatic carbocycles. The molecule has 1 N–H and O–H groups in total. The fraction of sp³-hybridized carbons (Fsp3) is 0.222. The molecule has 6 heteroatoms. The first kappa shape index (κ1) is 21.1. The molecule has 0 aliphatic carbocycles. The zero-order chi connectivity index (χ0) is 22.5. The number of aromatic nitrogens is 2. The van der Waals surface area contributed by atoms with Crippen molar-refractivity contribution < 1.29 is 4.79 Å². The van der Waals surface area contributed by atoms with E-state index in [9.17, 15) is 4.79 Å². The maximum absolute atomic E-state index is 13.1. The maximum Gasteiger partial charge on any atom is 0.252 e. The molecule has 0 atom stereocenters. The van der Waals surface area contributed by atoms with Gasteiger partial charge in [-0.3, -0.25) is 14.7 Å². The monoisotopic (exact) mass is 437 g/mol. The zero-order valence-corrected chi connectivity index (χ0v) is 18.5. The van der Waals surface area contributed by atoms with Crippen LogP contribution in [-0.2, 0) is 0 Å². The minimum Gasteiger partial charge on any atom is -0.369 e. The van der Waals surface area contributed by atoms with Gasteiger partial charge in [0.1, 0.15) is 0 Å². The van der Waals surface area contributed by atoms with Crippen molar-refractivity contribution in [3.63, 3.8) is 0 Å². The van der Waals surface area contributed by atoms with E-state index in [1.807, 2.05) is 48.5 Å². The Kier molecular flexibility index (Phi) is 6.26. The Morgan fingerprint density at radius 2 is 1.70 bits per heavy atom. The third-order valence-electron chi connectivity index (χ3n) is 6.13. The van der Waals surface area contributed by atoms with E-state index in [0.29, 0.717) is 12.1 Å². The van der Waals surface area contributed by atoms with Gasteiger partial charge in [-0.2, -0.15) is 0 Å². The second kappa shape index (κ2) is 9.79. The first-order chi connectivity index (χ1) is 16.3. The van der Waals surface area contributed by atoms with Crippen molar-refractivity contribution in [2.45, 2.75) is 0 Å². The van der Waals surface area contributed by atoms with E-state index in [1.54, 1.807) is 12.4 Å². The Morgan fingerprint density at radius 1 is 0.909 bits per heavy atom. The lowest BCUT2D eigenvalue weighted by atomic mass is 10.0. The van der Waals surface area contributed by atoms with Crippen LogP contribution in [0.15, 0.2) is 85.2 Å². The molecule has 5 rings (SSSR count). The van der Waals surface area contributed by atoms with Crippen molar-refractivity contribution in [1.29, 1.82) is 0 Å². The smallest absolute Gasteiger partial charge is 0.252 e. The van der Waals surface area contributed by atoms with E-state index >= 15 is 0 Å². The molecule has 166 valence electrons. The second-order valence-electron chi connectivity index (χ2n) is 8.23. The van der Waals surface area contributed by atoms with E-state index in [4.69, 9.17) is 4.98 Å². The van der Waals surface area contributed by atoms with Gasteiger partial charge >= 0.3 is 0 Å². The fourth-order valence-corrected chi connectivity index (χ4v) is 4.32. The van der Waals surface area contributed by atoms with Gasteiger partial charge in [0, 0.05) is 68.3 Å². The van der Waals surface area contributed by atoms with E-state index in [2.05, 4.69) is 44.4 Å². The number of carbonyl (C=O) groups is 1. The largest absolute Gasteiger partial charge is 0.369 e. The third-order valence-corrected chi connectivity index (χ3v) is 6.13. The SMILES string of the molecule is O=C(NCCN1CCN(c2ccccc2)CC1)c1cc(-c2cccnc2)nc2ccccc12. The number of hydrogen-bond acceptors (Lipinski definition) is 5. The van der Waals surface area contributed by atoms with Gasteiger partial charge in [-0.05, 0) is 36.4 Å². The molecule has 3 heterocycles. The van der Waals surface area contributed by atoms with E-state index < -0.39 is 0 Å². The van der Waals surface area contributed by atoms with Crippen LogP contribution in [0.1, 0.15) is 10.4 Å². The van der Waals surface area contributed by atoms with Gasteiger partial charge in [0.25, 0.3) is 5.91 Å². The van der Waals surface area contributed by atoms with Crippen LogP contribution in [0.2, 0.25) is 0 Å². The average molecular weight is 438 g/mol. The number of para-hydroxylation sites is 2. The predicted molar refractivity (Wildman–Crippen MR) is 132 cm³/mol. The number of carbonyl (C=O) groups excluding carboxylic acids is 1. The Hall–Kier alpha value is -3.77. The predicted octanol–water partition coefficient (Wildman–Crippen LogP) is 3.85. The van der Waals surface area contributed by atoms with Crippen molar-refractivity contribution in [3.05, 3.63) is 90.8 Å². The van der Waals surface area contributed by atoms with Crippen LogP contribution in [0.3, 0.4) is 0 Å². The summed E-state index contributed by atoms with van der Waals surface area (Å²) in [7, 11) is 0. The summed E-state index contributed by atoms with van der Waals surface area (Å²) in [5.74, 6) is -0.0679. The van der Waals surface area contributed by atoms with Gasteiger partial charge in [-0.25, -0.2) is 4.98 Å². The molecule has 1 aliphatic rings. The Balaban J connectivity index is 1.23. The number of piperazine rings is 1. The second-order valence-corrected chi connectivity index (χ2v) is 8.23. The fourth-order valence-electron chi connectivity index (χ4n) is 4.32. The number of nitrogens with zero attached hydrogens (tertiary/aromatic N) is 4. The molecule has 0 unspecified atom stereocenters. The van der Waals surface area contributed by atoms with Crippen LogP contribution < -0.4 is 10.2 Å². The van der Waals surface area contributed by atoms with Gasteiger partial charge in [0.2, 0.25) is 0 Å². The molecular formula is C27H27N5O. The summed E-state index contributed by atoms with van der Waals surface area (Å²) in [5, 5.41) is 3.98. The highest BCUT2D eigenvalue weighted by Gasteiger charge is 2.18. The molecule has 1 amide bonds. The molecule has 0 spiro atoms. The summed E-state index contributed by atoms with van der Waals surface area (Å²) in [6.07, 6.45) is 3.51. The average Bonchev–Trinajstić information content (AvgIpc) is 2.89. The van der Waals surface area contributed by atoms with Crippen LogP contribution in [0.4, 0.5) is 5.69 Å². The van der Waals surface area contributed by atoms with Crippen molar-refractivity contribution in [2.24, 2.45) is 0 Å². The quantitative estimate of drug-likeness (QED) is 0.497. The maximum atomic E-state index is 13.1.